The molecule has 0 aromatic carbocycles. The zero-order valence-electron chi connectivity index (χ0n) is 5.08. The number of rotatable bonds is 0. The Kier molecular flexibility index (Phi) is 1.82. The van der Waals surface area contributed by atoms with Crippen LogP contribution in [0.3, 0.4) is 0 Å². The van der Waals surface area contributed by atoms with E-state index in [1.807, 2.05) is 0 Å². The fourth-order valence-corrected chi connectivity index (χ4v) is 7.37. The fourth-order valence-electron chi connectivity index (χ4n) is 1.63. The van der Waals surface area contributed by atoms with E-state index in [4.69, 9.17) is 0 Å². The van der Waals surface area contributed by atoms with Crippen LogP contribution >= 0.6 is 12.6 Å². The molecule has 3 heteroatoms. The fraction of sp³-hybridized carbons (Fsp3) is 1.00. The van der Waals surface area contributed by atoms with Gasteiger partial charge in [0.1, 0.15) is 0 Å². The summed E-state index contributed by atoms with van der Waals surface area (Å²) in [6.45, 7) is 0. The Bertz CT molecular complexity index is 110. The number of hydrogen-bond acceptors (Lipinski definition) is 1. The topological polar surface area (TPSA) is 0 Å². The first-order chi connectivity index (χ1) is 4.27. The molecule has 4 atom stereocenters. The van der Waals surface area contributed by atoms with Crippen molar-refractivity contribution in [2.24, 2.45) is 0 Å². The van der Waals surface area contributed by atoms with Crippen LogP contribution in [0.15, 0.2) is 0 Å². The Balaban J connectivity index is 2.10. The summed E-state index contributed by atoms with van der Waals surface area (Å²) < 4.78 is 0. The van der Waals surface area contributed by atoms with Gasteiger partial charge >= 0.3 is 73.2 Å². The molecule has 0 amide bonds. The van der Waals surface area contributed by atoms with Gasteiger partial charge in [0, 0.05) is 0 Å². The van der Waals surface area contributed by atoms with Gasteiger partial charge < -0.3 is 0 Å². The molecule has 0 aliphatic carbocycles. The van der Waals surface area contributed by atoms with Crippen molar-refractivity contribution in [2.45, 2.75) is 33.0 Å². The molecule has 2 rings (SSSR count). The molecule has 0 saturated carbocycles. The molecule has 0 N–H and O–H groups in total. The zero-order chi connectivity index (χ0) is 6.43. The van der Waals surface area contributed by atoms with E-state index in [9.17, 15) is 0 Å². The Morgan fingerprint density at radius 3 is 2.44 bits per heavy atom. The van der Waals surface area contributed by atoms with Gasteiger partial charge in [0.2, 0.25) is 0 Å². The SMILES string of the molecule is SC1CC2[Se]C1CC2[SH2+]. The van der Waals surface area contributed by atoms with Crippen LogP contribution in [0.5, 0.6) is 0 Å². The molecular weight excluding hydrogens is 215 g/mol. The van der Waals surface area contributed by atoms with Crippen molar-refractivity contribution >= 4 is 40.2 Å². The second-order valence-electron chi connectivity index (χ2n) is 2.86. The van der Waals surface area contributed by atoms with E-state index in [-0.39, 0.29) is 0 Å². The van der Waals surface area contributed by atoms with Gasteiger partial charge in [-0.25, -0.2) is 0 Å². The molecule has 0 aromatic rings. The van der Waals surface area contributed by atoms with E-state index >= 15 is 0 Å². The molecule has 2 aliphatic rings. The first-order valence-electron chi connectivity index (χ1n) is 3.32. The normalized spacial score (nSPS) is 56.7. The standard InChI is InChI=1S/C6H10S2Se/c7-3-1-5-4(8)2-6(3)9-5/h3-8H,1-2H2/p+1. The maximum absolute atomic E-state index is 4.53. The molecule has 9 heavy (non-hydrogen) atoms. The van der Waals surface area contributed by atoms with Crippen molar-refractivity contribution in [2.75, 3.05) is 0 Å². The van der Waals surface area contributed by atoms with Gasteiger partial charge in [-0.1, -0.05) is 0 Å². The van der Waals surface area contributed by atoms with E-state index in [0.717, 1.165) is 35.1 Å². The number of fused-ring (bicyclic) bond motifs is 2. The third kappa shape index (κ3) is 1.07. The van der Waals surface area contributed by atoms with Gasteiger partial charge in [0.05, 0.1) is 0 Å². The van der Waals surface area contributed by atoms with Crippen LogP contribution in [-0.2, 0) is 12.6 Å². The Morgan fingerprint density at radius 1 is 1.33 bits per heavy atom. The van der Waals surface area contributed by atoms with E-state index in [1.165, 1.54) is 12.8 Å². The third-order valence-electron chi connectivity index (χ3n) is 2.19. The molecule has 4 unspecified atom stereocenters. The van der Waals surface area contributed by atoms with E-state index in [1.54, 1.807) is 0 Å². The summed E-state index contributed by atoms with van der Waals surface area (Å²) >= 11 is 9.20. The maximum atomic E-state index is 4.53. The predicted octanol–water partition coefficient (Wildman–Crippen LogP) is 0.753. The average molecular weight is 226 g/mol. The summed E-state index contributed by atoms with van der Waals surface area (Å²) in [5.74, 6) is 0. The van der Waals surface area contributed by atoms with Crippen LogP contribution in [-0.4, -0.2) is 25.5 Å². The van der Waals surface area contributed by atoms with Crippen LogP contribution < -0.4 is 0 Å². The number of thiol groups is 1. The minimum atomic E-state index is 0.752. The number of hydrogen-bond donors (Lipinski definition) is 1. The van der Waals surface area contributed by atoms with Crippen molar-refractivity contribution in [1.29, 1.82) is 0 Å². The molecule has 0 spiro atoms. The Labute approximate surface area is 73.1 Å². The van der Waals surface area contributed by atoms with E-state index < -0.39 is 0 Å². The summed E-state index contributed by atoms with van der Waals surface area (Å²) in [6, 6.07) is 0. The quantitative estimate of drug-likeness (QED) is 0.352. The van der Waals surface area contributed by atoms with Gasteiger partial charge in [-0.15, -0.1) is 0 Å². The van der Waals surface area contributed by atoms with Crippen LogP contribution in [0, 0.1) is 0 Å². The first-order valence-corrected chi connectivity index (χ1v) is 6.39. The van der Waals surface area contributed by atoms with E-state index in [0.29, 0.717) is 0 Å². The second-order valence-corrected chi connectivity index (χ2v) is 7.37. The molecule has 0 radical (unpaired) electrons. The summed E-state index contributed by atoms with van der Waals surface area (Å²) in [4.78, 5) is 2.01. The van der Waals surface area contributed by atoms with E-state index in [2.05, 4.69) is 25.3 Å². The van der Waals surface area contributed by atoms with Crippen LogP contribution in [0.4, 0.5) is 0 Å². The molecule has 0 aromatic heterocycles. The molecular formula is C6H11S2Se+. The Hall–Kier alpha value is 1.22. The van der Waals surface area contributed by atoms with Gasteiger partial charge in [-0.05, 0) is 0 Å². The van der Waals surface area contributed by atoms with Crippen molar-refractivity contribution in [3.63, 3.8) is 0 Å². The molecule has 2 bridgehead atoms. The van der Waals surface area contributed by atoms with Gasteiger partial charge in [0.15, 0.2) is 0 Å². The summed E-state index contributed by atoms with van der Waals surface area (Å²) in [5.41, 5.74) is 0. The molecule has 2 fully saturated rings. The summed E-state index contributed by atoms with van der Waals surface area (Å²) in [5, 5.41) is 1.60. The zero-order valence-corrected chi connectivity index (χ0v) is 8.69. The molecule has 2 heterocycles. The molecule has 0 nitrogen and oxygen atoms in total. The van der Waals surface area contributed by atoms with Crippen molar-refractivity contribution < 1.29 is 0 Å². The van der Waals surface area contributed by atoms with Gasteiger partial charge in [-0.3, -0.25) is 0 Å². The summed E-state index contributed by atoms with van der Waals surface area (Å²) in [6.07, 6.45) is 2.78. The molecule has 2 aliphatic heterocycles. The second kappa shape index (κ2) is 2.37. The molecule has 2 saturated heterocycles. The first kappa shape index (κ1) is 6.90. The molecule has 52 valence electrons. The average Bonchev–Trinajstić information content (AvgIpc) is 2.24. The monoisotopic (exact) mass is 227 g/mol. The van der Waals surface area contributed by atoms with Crippen LogP contribution in [0.25, 0.3) is 0 Å². The minimum absolute atomic E-state index is 0.752. The van der Waals surface area contributed by atoms with Crippen LogP contribution in [0.1, 0.15) is 12.8 Å². The third-order valence-corrected chi connectivity index (χ3v) is 8.04. The van der Waals surface area contributed by atoms with Gasteiger partial charge in [0.25, 0.3) is 0 Å². The Morgan fingerprint density at radius 2 is 2.11 bits per heavy atom. The summed E-state index contributed by atoms with van der Waals surface area (Å²) in [7, 11) is 0. The van der Waals surface area contributed by atoms with Gasteiger partial charge in [-0.2, -0.15) is 0 Å². The van der Waals surface area contributed by atoms with Crippen molar-refractivity contribution in [3.8, 4) is 0 Å². The predicted molar refractivity (Wildman–Crippen MR) is 49.2 cm³/mol. The van der Waals surface area contributed by atoms with Crippen molar-refractivity contribution in [1.82, 2.24) is 0 Å². The van der Waals surface area contributed by atoms with Crippen molar-refractivity contribution in [3.05, 3.63) is 0 Å². The van der Waals surface area contributed by atoms with Crippen LogP contribution in [0.2, 0.25) is 9.63 Å².